The van der Waals surface area contributed by atoms with Crippen LogP contribution in [0, 0.1) is 6.92 Å². The van der Waals surface area contributed by atoms with Gasteiger partial charge in [0.25, 0.3) is 15.9 Å². The first kappa shape index (κ1) is 24.2. The van der Waals surface area contributed by atoms with E-state index in [1.807, 2.05) is 49.4 Å². The second kappa shape index (κ2) is 10.1. The maximum Gasteiger partial charge on any atom is 0.338 e. The van der Waals surface area contributed by atoms with Crippen LogP contribution in [0.3, 0.4) is 0 Å². The highest BCUT2D eigenvalue weighted by Gasteiger charge is 2.25. The van der Waals surface area contributed by atoms with Crippen LogP contribution in [0.15, 0.2) is 88.9 Å². The molecule has 0 N–H and O–H groups in total. The van der Waals surface area contributed by atoms with Crippen LogP contribution in [0.5, 0.6) is 0 Å². The average Bonchev–Trinajstić information content (AvgIpc) is 3.38. The van der Waals surface area contributed by atoms with Crippen molar-refractivity contribution in [2.45, 2.75) is 18.2 Å². The van der Waals surface area contributed by atoms with Crippen LogP contribution < -0.4 is 4.31 Å². The van der Waals surface area contributed by atoms with Crippen molar-refractivity contribution in [3.05, 3.63) is 95.6 Å². The number of esters is 1. The van der Waals surface area contributed by atoms with Crippen LogP contribution in [0.2, 0.25) is 0 Å². The third-order valence-electron chi connectivity index (χ3n) is 5.65. The van der Waals surface area contributed by atoms with Crippen molar-refractivity contribution in [1.82, 2.24) is 5.01 Å². The van der Waals surface area contributed by atoms with Crippen molar-refractivity contribution < 1.29 is 22.7 Å². The van der Waals surface area contributed by atoms with Gasteiger partial charge in [-0.05, 0) is 42.8 Å². The first-order chi connectivity index (χ1) is 16.8. The Hall–Kier alpha value is -3.98. The van der Waals surface area contributed by atoms with E-state index in [0.717, 1.165) is 21.1 Å². The second-order valence-corrected chi connectivity index (χ2v) is 10.1. The largest absolute Gasteiger partial charge is 0.452 e. The van der Waals surface area contributed by atoms with Crippen molar-refractivity contribution in [2.24, 2.45) is 5.10 Å². The minimum Gasteiger partial charge on any atom is -0.452 e. The van der Waals surface area contributed by atoms with E-state index >= 15 is 0 Å². The van der Waals surface area contributed by atoms with Gasteiger partial charge in [0.2, 0.25) is 0 Å². The van der Waals surface area contributed by atoms with Crippen molar-refractivity contribution >= 4 is 33.3 Å². The lowest BCUT2D eigenvalue weighted by Gasteiger charge is -2.20. The molecule has 8 nitrogen and oxygen atoms in total. The molecule has 180 valence electrons. The predicted molar refractivity (Wildman–Crippen MR) is 133 cm³/mol. The molecule has 1 amide bonds. The Kier molecular flexibility index (Phi) is 6.97. The number of amides is 1. The van der Waals surface area contributed by atoms with Gasteiger partial charge in [-0.2, -0.15) is 5.10 Å². The van der Waals surface area contributed by atoms with E-state index in [2.05, 4.69) is 5.10 Å². The summed E-state index contributed by atoms with van der Waals surface area (Å²) in [5, 5.41) is 5.62. The molecule has 1 aliphatic rings. The number of carbonyl (C=O) groups is 2. The second-order valence-electron chi connectivity index (χ2n) is 8.09. The maximum atomic E-state index is 13.1. The molecule has 1 aliphatic heterocycles. The van der Waals surface area contributed by atoms with Crippen LogP contribution in [-0.2, 0) is 19.6 Å². The zero-order valence-electron chi connectivity index (χ0n) is 19.4. The molecule has 0 radical (unpaired) electrons. The molecule has 0 saturated heterocycles. The summed E-state index contributed by atoms with van der Waals surface area (Å²) in [7, 11) is -2.46. The molecule has 0 saturated carbocycles. The number of hydrazone groups is 1. The molecule has 0 spiro atoms. The third kappa shape index (κ3) is 5.41. The Balaban J connectivity index is 1.41. The van der Waals surface area contributed by atoms with Crippen molar-refractivity contribution in [3.8, 4) is 0 Å². The Morgan fingerprint density at radius 2 is 1.71 bits per heavy atom. The van der Waals surface area contributed by atoms with Gasteiger partial charge in [-0.1, -0.05) is 54.1 Å². The van der Waals surface area contributed by atoms with Gasteiger partial charge in [-0.15, -0.1) is 0 Å². The van der Waals surface area contributed by atoms with Gasteiger partial charge >= 0.3 is 5.97 Å². The van der Waals surface area contributed by atoms with E-state index in [-0.39, 0.29) is 10.5 Å². The number of benzene rings is 3. The van der Waals surface area contributed by atoms with Crippen molar-refractivity contribution in [1.29, 1.82) is 0 Å². The van der Waals surface area contributed by atoms with E-state index in [4.69, 9.17) is 4.74 Å². The molecular formula is C26H25N3O5S. The summed E-state index contributed by atoms with van der Waals surface area (Å²) in [6.07, 6.45) is 0.609. The SMILES string of the molecule is Cc1ccc(N(C)S(=O)(=O)c2cccc(C(=O)OCC(=O)N3CCC(c4ccccc4)=N3)c2)cc1. The lowest BCUT2D eigenvalue weighted by Crippen LogP contribution is -2.29. The standard InChI is InChI=1S/C26H25N3O5S/c1-19-11-13-22(14-12-19)28(2)35(32,33)23-10-6-9-21(17-23)26(31)34-18-25(30)29-16-15-24(27-29)20-7-4-3-5-8-20/h3-14,17H,15-16,18H2,1-2H3. The third-order valence-corrected chi connectivity index (χ3v) is 7.43. The summed E-state index contributed by atoms with van der Waals surface area (Å²) >= 11 is 0. The summed E-state index contributed by atoms with van der Waals surface area (Å²) in [5.74, 6) is -1.24. The van der Waals surface area contributed by atoms with Crippen LogP contribution in [-0.4, -0.2) is 51.2 Å². The molecule has 0 aliphatic carbocycles. The summed E-state index contributed by atoms with van der Waals surface area (Å²) in [6.45, 7) is 1.82. The topological polar surface area (TPSA) is 96.3 Å². The van der Waals surface area contributed by atoms with Crippen LogP contribution in [0.1, 0.15) is 27.9 Å². The van der Waals surface area contributed by atoms with Gasteiger partial charge < -0.3 is 4.74 Å². The zero-order chi connectivity index (χ0) is 25.0. The Morgan fingerprint density at radius 1 is 1.00 bits per heavy atom. The number of hydrogen-bond donors (Lipinski definition) is 0. The summed E-state index contributed by atoms with van der Waals surface area (Å²) in [4.78, 5) is 25.0. The molecule has 3 aromatic carbocycles. The molecule has 9 heteroatoms. The lowest BCUT2D eigenvalue weighted by molar-refractivity contribution is -0.134. The highest BCUT2D eigenvalue weighted by molar-refractivity contribution is 7.92. The normalized spacial score (nSPS) is 13.3. The highest BCUT2D eigenvalue weighted by Crippen LogP contribution is 2.23. The molecule has 1 heterocycles. The number of nitrogens with zero attached hydrogens (tertiary/aromatic N) is 3. The summed E-state index contributed by atoms with van der Waals surface area (Å²) in [6, 6.07) is 22.2. The quantitative estimate of drug-likeness (QED) is 0.471. The van der Waals surface area contributed by atoms with Gasteiger partial charge in [0, 0.05) is 13.5 Å². The van der Waals surface area contributed by atoms with Gasteiger partial charge in [0.15, 0.2) is 6.61 Å². The summed E-state index contributed by atoms with van der Waals surface area (Å²) < 4.78 is 32.5. The van der Waals surface area contributed by atoms with E-state index < -0.39 is 28.5 Å². The number of rotatable bonds is 7. The zero-order valence-corrected chi connectivity index (χ0v) is 20.2. The van der Waals surface area contributed by atoms with Crippen LogP contribution in [0.25, 0.3) is 0 Å². The van der Waals surface area contributed by atoms with Gasteiger partial charge in [-0.3, -0.25) is 9.10 Å². The fraction of sp³-hybridized carbons (Fsp3) is 0.192. The van der Waals surface area contributed by atoms with Crippen molar-refractivity contribution in [2.75, 3.05) is 24.5 Å². The fourth-order valence-corrected chi connectivity index (χ4v) is 4.83. The molecule has 35 heavy (non-hydrogen) atoms. The fourth-order valence-electron chi connectivity index (χ4n) is 3.59. The van der Waals surface area contributed by atoms with E-state index in [0.29, 0.717) is 18.7 Å². The highest BCUT2D eigenvalue weighted by atomic mass is 32.2. The molecule has 0 unspecified atom stereocenters. The number of aryl methyl sites for hydroxylation is 1. The first-order valence-electron chi connectivity index (χ1n) is 11.0. The Labute approximate surface area is 204 Å². The van der Waals surface area contributed by atoms with Gasteiger partial charge in [-0.25, -0.2) is 18.2 Å². The predicted octanol–water partition coefficient (Wildman–Crippen LogP) is 3.61. The first-order valence-corrected chi connectivity index (χ1v) is 12.5. The van der Waals surface area contributed by atoms with Crippen LogP contribution in [0.4, 0.5) is 5.69 Å². The smallest absolute Gasteiger partial charge is 0.338 e. The number of ether oxygens (including phenoxy) is 1. The Morgan fingerprint density at radius 3 is 2.43 bits per heavy atom. The molecule has 4 rings (SSSR count). The Bertz CT molecular complexity index is 1370. The van der Waals surface area contributed by atoms with E-state index in [9.17, 15) is 18.0 Å². The van der Waals surface area contributed by atoms with E-state index in [1.165, 1.54) is 36.3 Å². The number of sulfonamides is 1. The molecular weight excluding hydrogens is 466 g/mol. The molecule has 0 atom stereocenters. The van der Waals surface area contributed by atoms with Crippen LogP contribution >= 0.6 is 0 Å². The molecule has 3 aromatic rings. The molecule has 0 bridgehead atoms. The maximum absolute atomic E-state index is 13.1. The monoisotopic (exact) mass is 491 g/mol. The summed E-state index contributed by atoms with van der Waals surface area (Å²) in [5.41, 5.74) is 3.27. The minimum absolute atomic E-state index is 0.0334. The number of carbonyl (C=O) groups excluding carboxylic acids is 2. The van der Waals surface area contributed by atoms with Gasteiger partial charge in [0.05, 0.1) is 28.4 Å². The molecule has 0 fully saturated rings. The van der Waals surface area contributed by atoms with Crippen molar-refractivity contribution in [3.63, 3.8) is 0 Å². The van der Waals surface area contributed by atoms with Gasteiger partial charge in [0.1, 0.15) is 0 Å². The average molecular weight is 492 g/mol. The van der Waals surface area contributed by atoms with E-state index in [1.54, 1.807) is 12.1 Å². The number of hydrogen-bond acceptors (Lipinski definition) is 6. The lowest BCUT2D eigenvalue weighted by atomic mass is 10.1. The minimum atomic E-state index is -3.91. The molecule has 0 aromatic heterocycles. The number of anilines is 1.